The third-order valence-corrected chi connectivity index (χ3v) is 5.12. The highest BCUT2D eigenvalue weighted by Gasteiger charge is 2.18. The van der Waals surface area contributed by atoms with Crippen molar-refractivity contribution >= 4 is 10.0 Å². The third kappa shape index (κ3) is 5.26. The van der Waals surface area contributed by atoms with Crippen molar-refractivity contribution in [2.75, 3.05) is 26.2 Å². The predicted molar refractivity (Wildman–Crippen MR) is 87.6 cm³/mol. The van der Waals surface area contributed by atoms with Crippen molar-refractivity contribution < 1.29 is 13.2 Å². The molecule has 0 aliphatic carbocycles. The first-order chi connectivity index (χ1) is 10.5. The second kappa shape index (κ2) is 7.94. The van der Waals surface area contributed by atoms with Gasteiger partial charge in [0.15, 0.2) is 0 Å². The first-order valence-corrected chi connectivity index (χ1v) is 9.39. The van der Waals surface area contributed by atoms with Gasteiger partial charge in [-0.2, -0.15) is 0 Å². The van der Waals surface area contributed by atoms with Gasteiger partial charge in [-0.15, -0.1) is 0 Å². The van der Waals surface area contributed by atoms with Crippen LogP contribution in [0.2, 0.25) is 0 Å². The molecule has 2 rings (SSSR count). The zero-order valence-corrected chi connectivity index (χ0v) is 14.2. The fraction of sp³-hybridized carbons (Fsp3) is 0.625. The quantitative estimate of drug-likeness (QED) is 0.804. The molecule has 1 aromatic carbocycles. The van der Waals surface area contributed by atoms with Crippen molar-refractivity contribution in [1.29, 1.82) is 0 Å². The van der Waals surface area contributed by atoms with Crippen molar-refractivity contribution in [2.45, 2.75) is 31.6 Å². The molecule has 0 spiro atoms. The number of benzene rings is 1. The van der Waals surface area contributed by atoms with E-state index in [-0.39, 0.29) is 4.90 Å². The summed E-state index contributed by atoms with van der Waals surface area (Å²) in [6.07, 6.45) is 2.17. The molecule has 124 valence electrons. The summed E-state index contributed by atoms with van der Waals surface area (Å²) in [6.45, 7) is 7.16. The normalized spacial score (nSPS) is 19.3. The fourth-order valence-electron chi connectivity index (χ4n) is 2.39. The zero-order valence-electron chi connectivity index (χ0n) is 13.3. The molecule has 1 saturated heterocycles. The van der Waals surface area contributed by atoms with Crippen LogP contribution in [0.5, 0.6) is 5.75 Å². The fourth-order valence-corrected chi connectivity index (χ4v) is 3.50. The van der Waals surface area contributed by atoms with Crippen LogP contribution in [0.25, 0.3) is 0 Å². The molecule has 1 atom stereocenters. The van der Waals surface area contributed by atoms with Crippen LogP contribution in [0.15, 0.2) is 29.2 Å². The molecule has 1 unspecified atom stereocenters. The first kappa shape index (κ1) is 17.2. The maximum atomic E-state index is 12.3. The van der Waals surface area contributed by atoms with E-state index in [0.717, 1.165) is 25.9 Å². The molecule has 1 aliphatic rings. The molecule has 1 heterocycles. The van der Waals surface area contributed by atoms with E-state index in [1.165, 1.54) is 0 Å². The number of nitrogens with one attached hydrogen (secondary N) is 2. The molecule has 0 radical (unpaired) electrons. The topological polar surface area (TPSA) is 67.4 Å². The first-order valence-electron chi connectivity index (χ1n) is 7.90. The summed E-state index contributed by atoms with van der Waals surface area (Å²) in [5, 5.41) is 3.29. The summed E-state index contributed by atoms with van der Waals surface area (Å²) in [6, 6.07) is 6.60. The second-order valence-electron chi connectivity index (χ2n) is 6.24. The highest BCUT2D eigenvalue weighted by atomic mass is 32.2. The Bertz CT molecular complexity index is 549. The third-order valence-electron chi connectivity index (χ3n) is 3.68. The lowest BCUT2D eigenvalue weighted by Gasteiger charge is -2.22. The molecule has 6 heteroatoms. The molecule has 2 N–H and O–H groups in total. The van der Waals surface area contributed by atoms with E-state index in [9.17, 15) is 8.42 Å². The standard InChI is InChI=1S/C16H26N2O3S/c1-13(2)12-21-15-5-7-16(8-6-15)22(19,20)18-11-14-4-3-9-17-10-14/h5-8,13-14,17-18H,3-4,9-12H2,1-2H3. The highest BCUT2D eigenvalue weighted by Crippen LogP contribution is 2.17. The maximum Gasteiger partial charge on any atom is 0.240 e. The van der Waals surface area contributed by atoms with Gasteiger partial charge in [-0.25, -0.2) is 13.1 Å². The smallest absolute Gasteiger partial charge is 0.240 e. The van der Waals surface area contributed by atoms with Gasteiger partial charge in [-0.3, -0.25) is 0 Å². The second-order valence-corrected chi connectivity index (χ2v) is 8.01. The summed E-state index contributed by atoms with van der Waals surface area (Å²) in [5.41, 5.74) is 0. The number of ether oxygens (including phenoxy) is 1. The van der Waals surface area contributed by atoms with Crippen molar-refractivity contribution in [3.05, 3.63) is 24.3 Å². The van der Waals surface area contributed by atoms with Crippen molar-refractivity contribution in [3.63, 3.8) is 0 Å². The average molecular weight is 326 g/mol. The molecule has 0 aromatic heterocycles. The van der Waals surface area contributed by atoms with Crippen LogP contribution in [0, 0.1) is 11.8 Å². The van der Waals surface area contributed by atoms with Crippen molar-refractivity contribution in [1.82, 2.24) is 10.0 Å². The van der Waals surface area contributed by atoms with Crippen LogP contribution in [0.4, 0.5) is 0 Å². The Morgan fingerprint density at radius 3 is 2.64 bits per heavy atom. The van der Waals surface area contributed by atoms with E-state index in [4.69, 9.17) is 4.74 Å². The van der Waals surface area contributed by atoms with E-state index in [1.807, 2.05) is 0 Å². The van der Waals surface area contributed by atoms with E-state index in [1.54, 1.807) is 24.3 Å². The van der Waals surface area contributed by atoms with Crippen molar-refractivity contribution in [2.24, 2.45) is 11.8 Å². The molecular formula is C16H26N2O3S. The van der Waals surface area contributed by atoms with Gasteiger partial charge in [-0.1, -0.05) is 13.8 Å². The molecule has 5 nitrogen and oxygen atoms in total. The van der Waals surface area contributed by atoms with Crippen LogP contribution < -0.4 is 14.8 Å². The number of hydrogen-bond acceptors (Lipinski definition) is 4. The molecule has 1 aromatic rings. The summed E-state index contributed by atoms with van der Waals surface area (Å²) >= 11 is 0. The summed E-state index contributed by atoms with van der Waals surface area (Å²) in [7, 11) is -3.44. The van der Waals surface area contributed by atoms with Crippen molar-refractivity contribution in [3.8, 4) is 5.75 Å². The summed E-state index contributed by atoms with van der Waals surface area (Å²) in [4.78, 5) is 0.285. The largest absolute Gasteiger partial charge is 0.493 e. The van der Waals surface area contributed by atoms with Crippen LogP contribution in [-0.2, 0) is 10.0 Å². The lowest BCUT2D eigenvalue weighted by atomic mass is 10.0. The Hall–Kier alpha value is -1.11. The lowest BCUT2D eigenvalue weighted by Crippen LogP contribution is -2.38. The summed E-state index contributed by atoms with van der Waals surface area (Å²) < 4.78 is 32.8. The minimum absolute atomic E-state index is 0.285. The number of piperidine rings is 1. The Kier molecular flexibility index (Phi) is 6.23. The molecule has 0 saturated carbocycles. The zero-order chi connectivity index (χ0) is 16.0. The van der Waals surface area contributed by atoms with Crippen LogP contribution >= 0.6 is 0 Å². The molecule has 0 bridgehead atoms. The average Bonchev–Trinajstić information content (AvgIpc) is 2.52. The molecule has 1 fully saturated rings. The van der Waals surface area contributed by atoms with E-state index in [2.05, 4.69) is 23.9 Å². The van der Waals surface area contributed by atoms with Gasteiger partial charge >= 0.3 is 0 Å². The number of rotatable bonds is 7. The Morgan fingerprint density at radius 2 is 2.05 bits per heavy atom. The predicted octanol–water partition coefficient (Wildman–Crippen LogP) is 2.00. The van der Waals surface area contributed by atoms with Crippen LogP contribution in [0.3, 0.4) is 0 Å². The van der Waals surface area contributed by atoms with E-state index >= 15 is 0 Å². The Morgan fingerprint density at radius 1 is 1.32 bits per heavy atom. The minimum Gasteiger partial charge on any atom is -0.493 e. The summed E-state index contributed by atoms with van der Waals surface area (Å²) in [5.74, 6) is 1.51. The van der Waals surface area contributed by atoms with Gasteiger partial charge in [0, 0.05) is 6.54 Å². The van der Waals surface area contributed by atoms with Gasteiger partial charge in [0.2, 0.25) is 10.0 Å². The van der Waals surface area contributed by atoms with E-state index < -0.39 is 10.0 Å². The van der Waals surface area contributed by atoms with Gasteiger partial charge in [0.25, 0.3) is 0 Å². The molecule has 22 heavy (non-hydrogen) atoms. The minimum atomic E-state index is -3.44. The molecule has 1 aliphatic heterocycles. The maximum absolute atomic E-state index is 12.3. The van der Waals surface area contributed by atoms with Crippen LogP contribution in [0.1, 0.15) is 26.7 Å². The van der Waals surface area contributed by atoms with E-state index in [0.29, 0.717) is 30.7 Å². The number of sulfonamides is 1. The molecular weight excluding hydrogens is 300 g/mol. The Labute approximate surface area is 133 Å². The van der Waals surface area contributed by atoms with Gasteiger partial charge in [0.1, 0.15) is 5.75 Å². The highest BCUT2D eigenvalue weighted by molar-refractivity contribution is 7.89. The SMILES string of the molecule is CC(C)COc1ccc(S(=O)(=O)NCC2CCCNC2)cc1. The van der Waals surface area contributed by atoms with Gasteiger partial charge < -0.3 is 10.1 Å². The van der Waals surface area contributed by atoms with Crippen LogP contribution in [-0.4, -0.2) is 34.7 Å². The monoisotopic (exact) mass is 326 g/mol. The number of hydrogen-bond donors (Lipinski definition) is 2. The van der Waals surface area contributed by atoms with Gasteiger partial charge in [0.05, 0.1) is 11.5 Å². The van der Waals surface area contributed by atoms with Gasteiger partial charge in [-0.05, 0) is 62.0 Å². The molecule has 0 amide bonds. The Balaban J connectivity index is 1.90. The lowest BCUT2D eigenvalue weighted by molar-refractivity contribution is 0.271.